The van der Waals surface area contributed by atoms with Crippen LogP contribution in [0.15, 0.2) is 30.7 Å². The Bertz CT molecular complexity index is 776. The summed E-state index contributed by atoms with van der Waals surface area (Å²) in [7, 11) is 0. The summed E-state index contributed by atoms with van der Waals surface area (Å²) in [6.45, 7) is 7.53. The Morgan fingerprint density at radius 2 is 1.93 bits per heavy atom. The van der Waals surface area contributed by atoms with Crippen LogP contribution in [0.5, 0.6) is 0 Å². The lowest BCUT2D eigenvalue weighted by Gasteiger charge is -2.33. The number of pyridine rings is 1. The van der Waals surface area contributed by atoms with Crippen LogP contribution in [0, 0.1) is 0 Å². The number of nitrogens with zero attached hydrogens (tertiary/aromatic N) is 5. The van der Waals surface area contributed by atoms with Gasteiger partial charge in [-0.3, -0.25) is 4.79 Å². The molecule has 2 aliphatic heterocycles. The van der Waals surface area contributed by atoms with Crippen LogP contribution in [-0.4, -0.2) is 64.7 Å². The second-order valence-corrected chi connectivity index (χ2v) is 7.14. The number of aromatic nitrogens is 3. The Kier molecular flexibility index (Phi) is 5.38. The molecule has 0 N–H and O–H groups in total. The highest BCUT2D eigenvalue weighted by Gasteiger charge is 2.25. The summed E-state index contributed by atoms with van der Waals surface area (Å²) in [6.07, 6.45) is 7.82. The Balaban J connectivity index is 1.42. The molecule has 0 radical (unpaired) electrons. The molecule has 0 saturated carbocycles. The third-order valence-corrected chi connectivity index (χ3v) is 5.56. The minimum absolute atomic E-state index is 0.0711. The number of piperidine rings is 1. The van der Waals surface area contributed by atoms with Crippen LogP contribution in [0.3, 0.4) is 0 Å². The van der Waals surface area contributed by atoms with Gasteiger partial charge >= 0.3 is 0 Å². The molecule has 4 rings (SSSR count). The summed E-state index contributed by atoms with van der Waals surface area (Å²) in [5, 5.41) is 0. The number of carbonyl (C=O) groups is 1. The zero-order chi connectivity index (χ0) is 18.6. The van der Waals surface area contributed by atoms with Gasteiger partial charge in [-0.05, 0) is 31.9 Å². The summed E-state index contributed by atoms with van der Waals surface area (Å²) in [5.41, 5.74) is 0.713. The lowest BCUT2D eigenvalue weighted by atomic mass is 9.95. The summed E-state index contributed by atoms with van der Waals surface area (Å²) in [5.74, 6) is 2.66. The van der Waals surface area contributed by atoms with Gasteiger partial charge in [-0.1, -0.05) is 0 Å². The fourth-order valence-corrected chi connectivity index (χ4v) is 3.99. The minimum Gasteiger partial charge on any atom is -0.378 e. The van der Waals surface area contributed by atoms with Gasteiger partial charge < -0.3 is 19.1 Å². The number of hydrogen-bond acceptors (Lipinski definition) is 5. The van der Waals surface area contributed by atoms with Crippen molar-refractivity contribution in [3.05, 3.63) is 42.1 Å². The number of amides is 1. The molecule has 0 atom stereocenters. The monoisotopic (exact) mass is 369 g/mol. The van der Waals surface area contributed by atoms with Gasteiger partial charge in [0.2, 0.25) is 0 Å². The molecule has 0 bridgehead atoms. The van der Waals surface area contributed by atoms with E-state index in [4.69, 9.17) is 4.74 Å². The van der Waals surface area contributed by atoms with Crippen molar-refractivity contribution in [2.24, 2.45) is 0 Å². The fourth-order valence-electron chi connectivity index (χ4n) is 3.99. The van der Waals surface area contributed by atoms with Crippen LogP contribution >= 0.6 is 0 Å². The number of anilines is 1. The van der Waals surface area contributed by atoms with E-state index in [0.717, 1.165) is 38.3 Å². The molecular formula is C20H27N5O2. The summed E-state index contributed by atoms with van der Waals surface area (Å²) in [4.78, 5) is 26.0. The highest BCUT2D eigenvalue weighted by molar-refractivity contribution is 5.94. The van der Waals surface area contributed by atoms with E-state index in [1.54, 1.807) is 6.20 Å². The van der Waals surface area contributed by atoms with Crippen LogP contribution in [0.25, 0.3) is 0 Å². The minimum atomic E-state index is 0.0711. The van der Waals surface area contributed by atoms with Crippen LogP contribution in [0.1, 0.15) is 41.9 Å². The first-order chi connectivity index (χ1) is 13.3. The van der Waals surface area contributed by atoms with Gasteiger partial charge in [-0.15, -0.1) is 0 Å². The van der Waals surface area contributed by atoms with Gasteiger partial charge in [0.25, 0.3) is 5.91 Å². The molecule has 7 nitrogen and oxygen atoms in total. The van der Waals surface area contributed by atoms with Crippen molar-refractivity contribution in [1.82, 2.24) is 19.4 Å². The summed E-state index contributed by atoms with van der Waals surface area (Å²) in [6, 6.07) is 3.75. The standard InChI is InChI=1S/C20H27N5O2/c1-2-23-10-7-22-19(23)16-4-8-24(9-5-16)18-15-17(3-6-21-18)20(26)25-11-13-27-14-12-25/h3,6-7,10,15-16H,2,4-5,8-9,11-14H2,1H3. The molecule has 2 aromatic heterocycles. The Hall–Kier alpha value is -2.41. The molecule has 0 aliphatic carbocycles. The molecular weight excluding hydrogens is 342 g/mol. The third kappa shape index (κ3) is 3.83. The molecule has 2 aliphatic rings. The highest BCUT2D eigenvalue weighted by atomic mass is 16.5. The van der Waals surface area contributed by atoms with Gasteiger partial charge in [0.05, 0.1) is 13.2 Å². The topological polar surface area (TPSA) is 63.5 Å². The summed E-state index contributed by atoms with van der Waals surface area (Å²) < 4.78 is 7.58. The Morgan fingerprint density at radius 1 is 1.15 bits per heavy atom. The average molecular weight is 369 g/mol. The van der Waals surface area contributed by atoms with Crippen molar-refractivity contribution in [1.29, 1.82) is 0 Å². The zero-order valence-corrected chi connectivity index (χ0v) is 15.9. The molecule has 1 amide bonds. The maximum absolute atomic E-state index is 12.7. The van der Waals surface area contributed by atoms with Crippen molar-refractivity contribution < 1.29 is 9.53 Å². The molecule has 4 heterocycles. The maximum Gasteiger partial charge on any atom is 0.254 e. The first-order valence-corrected chi connectivity index (χ1v) is 9.85. The van der Waals surface area contributed by atoms with Crippen LogP contribution < -0.4 is 4.90 Å². The van der Waals surface area contributed by atoms with Crippen molar-refractivity contribution >= 4 is 11.7 Å². The van der Waals surface area contributed by atoms with Gasteiger partial charge in [0.1, 0.15) is 11.6 Å². The van der Waals surface area contributed by atoms with Crippen LogP contribution in [0.2, 0.25) is 0 Å². The molecule has 0 unspecified atom stereocenters. The normalized spacial score (nSPS) is 18.7. The lowest BCUT2D eigenvalue weighted by molar-refractivity contribution is 0.0303. The van der Waals surface area contributed by atoms with Gasteiger partial charge in [0.15, 0.2) is 0 Å². The van der Waals surface area contributed by atoms with Crippen molar-refractivity contribution in [3.63, 3.8) is 0 Å². The molecule has 2 saturated heterocycles. The number of morpholine rings is 1. The Labute approximate surface area is 160 Å². The van der Waals surface area contributed by atoms with E-state index < -0.39 is 0 Å². The number of imidazole rings is 1. The summed E-state index contributed by atoms with van der Waals surface area (Å²) >= 11 is 0. The Morgan fingerprint density at radius 3 is 2.67 bits per heavy atom. The van der Waals surface area contributed by atoms with E-state index in [0.29, 0.717) is 37.8 Å². The molecule has 144 valence electrons. The van der Waals surface area contributed by atoms with Crippen molar-refractivity contribution in [2.45, 2.75) is 32.2 Å². The van der Waals surface area contributed by atoms with E-state index in [1.165, 1.54) is 5.82 Å². The van der Waals surface area contributed by atoms with Crippen molar-refractivity contribution in [3.8, 4) is 0 Å². The quantitative estimate of drug-likeness (QED) is 0.826. The molecule has 7 heteroatoms. The van der Waals surface area contributed by atoms with E-state index in [9.17, 15) is 4.79 Å². The van der Waals surface area contributed by atoms with E-state index in [1.807, 2.05) is 23.2 Å². The van der Waals surface area contributed by atoms with Gasteiger partial charge in [-0.2, -0.15) is 0 Å². The predicted molar refractivity (Wildman–Crippen MR) is 103 cm³/mol. The fraction of sp³-hybridized carbons (Fsp3) is 0.550. The maximum atomic E-state index is 12.7. The number of aryl methyl sites for hydroxylation is 1. The second kappa shape index (κ2) is 8.08. The highest BCUT2D eigenvalue weighted by Crippen LogP contribution is 2.29. The smallest absolute Gasteiger partial charge is 0.254 e. The van der Waals surface area contributed by atoms with E-state index >= 15 is 0 Å². The molecule has 2 fully saturated rings. The van der Waals surface area contributed by atoms with Crippen molar-refractivity contribution in [2.75, 3.05) is 44.3 Å². The molecule has 27 heavy (non-hydrogen) atoms. The first kappa shape index (κ1) is 18.0. The third-order valence-electron chi connectivity index (χ3n) is 5.56. The largest absolute Gasteiger partial charge is 0.378 e. The SMILES string of the molecule is CCn1ccnc1C1CCN(c2cc(C(=O)N3CCOCC3)ccn2)CC1. The number of carbonyl (C=O) groups excluding carboxylic acids is 1. The predicted octanol–water partition coefficient (Wildman–Crippen LogP) is 2.15. The number of hydrogen-bond donors (Lipinski definition) is 0. The molecule has 0 aromatic carbocycles. The molecule has 0 spiro atoms. The average Bonchev–Trinajstić information content (AvgIpc) is 3.23. The molecule has 2 aromatic rings. The van der Waals surface area contributed by atoms with Crippen LogP contribution in [0.4, 0.5) is 5.82 Å². The van der Waals surface area contributed by atoms with Gasteiger partial charge in [-0.25, -0.2) is 9.97 Å². The second-order valence-electron chi connectivity index (χ2n) is 7.14. The number of ether oxygens (including phenoxy) is 1. The van der Waals surface area contributed by atoms with E-state index in [2.05, 4.69) is 32.6 Å². The first-order valence-electron chi connectivity index (χ1n) is 9.85. The van der Waals surface area contributed by atoms with E-state index in [-0.39, 0.29) is 5.91 Å². The van der Waals surface area contributed by atoms with Gasteiger partial charge in [0, 0.05) is 62.8 Å². The lowest BCUT2D eigenvalue weighted by Crippen LogP contribution is -2.40. The zero-order valence-electron chi connectivity index (χ0n) is 15.9. The number of rotatable bonds is 4. The van der Waals surface area contributed by atoms with Crippen LogP contribution in [-0.2, 0) is 11.3 Å².